The van der Waals surface area contributed by atoms with Crippen molar-refractivity contribution >= 4 is 66.1 Å². The summed E-state index contributed by atoms with van der Waals surface area (Å²) in [7, 11) is 0. The van der Waals surface area contributed by atoms with Crippen molar-refractivity contribution in [3.05, 3.63) is 133 Å². The highest BCUT2D eigenvalue weighted by atomic mass is 35.5. The van der Waals surface area contributed by atoms with Gasteiger partial charge in [0.05, 0.1) is 21.5 Å². The van der Waals surface area contributed by atoms with E-state index >= 15 is 0 Å². The van der Waals surface area contributed by atoms with E-state index < -0.39 is 0 Å². The maximum atomic E-state index is 6.36. The number of aryl methyl sites for hydroxylation is 2. The summed E-state index contributed by atoms with van der Waals surface area (Å²) in [5.41, 5.74) is 35.3. The average molecular weight is 784 g/mol. The van der Waals surface area contributed by atoms with Crippen LogP contribution in [-0.4, -0.2) is 26.2 Å². The smallest absolute Gasteiger partial charge is 0.220 e. The highest BCUT2D eigenvalue weighted by Crippen LogP contribution is 2.35. The SMILES string of the molecule is Nc1ccc2c(c1)c(-c1ccccc1)[n+](CCCNCCNCCC[n+]1c(-c3ccccc3)c3cc(N)ccc3c3ccc(N)cc31)c1cc(N)ccc21.[Cl-].[Cl-]. The Labute approximate surface area is 340 Å². The van der Waals surface area contributed by atoms with E-state index in [-0.39, 0.29) is 24.8 Å². The van der Waals surface area contributed by atoms with Crippen molar-refractivity contribution in [1.29, 1.82) is 0 Å². The molecule has 10 heteroatoms. The molecule has 0 amide bonds. The number of nitrogens with one attached hydrogen (secondary N) is 2. The summed E-state index contributed by atoms with van der Waals surface area (Å²) >= 11 is 0. The first-order valence-corrected chi connectivity index (χ1v) is 18.9. The molecular formula is C46H48Cl2N8. The van der Waals surface area contributed by atoms with E-state index in [2.05, 4.69) is 129 Å². The van der Waals surface area contributed by atoms with Crippen molar-refractivity contribution in [2.24, 2.45) is 0 Å². The van der Waals surface area contributed by atoms with E-state index in [1.165, 1.54) is 21.5 Å². The monoisotopic (exact) mass is 782 g/mol. The number of hydrogen-bond acceptors (Lipinski definition) is 6. The van der Waals surface area contributed by atoms with Crippen LogP contribution in [0.25, 0.3) is 65.9 Å². The molecule has 0 spiro atoms. The molecule has 0 atom stereocenters. The molecule has 0 saturated carbocycles. The quantitative estimate of drug-likeness (QED) is 0.0451. The number of nitrogens with zero attached hydrogens (tertiary/aromatic N) is 2. The zero-order chi connectivity index (χ0) is 37.0. The van der Waals surface area contributed by atoms with Crippen molar-refractivity contribution in [3.8, 4) is 22.5 Å². The van der Waals surface area contributed by atoms with Crippen LogP contribution in [0.3, 0.4) is 0 Å². The maximum Gasteiger partial charge on any atom is 0.220 e. The number of pyridine rings is 2. The number of anilines is 4. The molecule has 0 aliphatic heterocycles. The average Bonchev–Trinajstić information content (AvgIpc) is 3.18. The van der Waals surface area contributed by atoms with Crippen LogP contribution in [0.1, 0.15) is 12.8 Å². The lowest BCUT2D eigenvalue weighted by molar-refractivity contribution is -0.659. The third kappa shape index (κ3) is 8.15. The molecule has 8 aromatic rings. The molecule has 0 bridgehead atoms. The Balaban J connectivity index is 0.00000266. The van der Waals surface area contributed by atoms with E-state index in [9.17, 15) is 0 Å². The highest BCUT2D eigenvalue weighted by Gasteiger charge is 2.25. The van der Waals surface area contributed by atoms with Gasteiger partial charge in [0.15, 0.2) is 13.1 Å². The first-order chi connectivity index (χ1) is 26.5. The lowest BCUT2D eigenvalue weighted by Gasteiger charge is -2.14. The summed E-state index contributed by atoms with van der Waals surface area (Å²) in [5, 5.41) is 14.3. The second kappa shape index (κ2) is 17.9. The fraction of sp³-hybridized carbons (Fsp3) is 0.174. The number of halogens is 2. The van der Waals surface area contributed by atoms with Crippen molar-refractivity contribution in [2.75, 3.05) is 49.1 Å². The second-order valence-corrected chi connectivity index (χ2v) is 14.1. The first kappa shape index (κ1) is 40.0. The summed E-state index contributed by atoms with van der Waals surface area (Å²) < 4.78 is 4.84. The van der Waals surface area contributed by atoms with Gasteiger partial charge in [-0.2, -0.15) is 9.13 Å². The Hall–Kier alpha value is -5.64. The third-order valence-corrected chi connectivity index (χ3v) is 10.4. The summed E-state index contributed by atoms with van der Waals surface area (Å²) in [6, 6.07) is 46.0. The molecule has 6 aromatic carbocycles. The van der Waals surface area contributed by atoms with Crippen molar-refractivity contribution in [1.82, 2.24) is 10.6 Å². The Bertz CT molecular complexity index is 2430. The molecule has 2 aromatic heterocycles. The molecule has 0 aliphatic rings. The minimum Gasteiger partial charge on any atom is -1.00 e. The maximum absolute atomic E-state index is 6.36. The minimum atomic E-state index is 0. The standard InChI is InChI=1S/C46H46N8.2ClH/c47-33-13-17-37-39-19-15-35(49)29-43(39)53(45(41(37)27-33)31-9-3-1-4-10-31)25-7-21-51-23-24-52-22-8-26-54-44-30-36(50)16-20-40(44)38-18-14-34(48)28-42(38)46(54)32-11-5-2-6-12-32;;/h1-6,9-20,27-30,49-52H,7-8,21-26,47-48H2;2*1H. The topological polar surface area (TPSA) is 136 Å². The summed E-state index contributed by atoms with van der Waals surface area (Å²) in [6.07, 6.45) is 1.92. The Morgan fingerprint density at radius 3 is 1.12 bits per heavy atom. The molecule has 8 nitrogen and oxygen atoms in total. The Kier molecular flexibility index (Phi) is 12.8. The van der Waals surface area contributed by atoms with Crippen LogP contribution in [0.5, 0.6) is 0 Å². The fourth-order valence-corrected chi connectivity index (χ4v) is 7.95. The lowest BCUT2D eigenvalue weighted by Crippen LogP contribution is -3.00. The van der Waals surface area contributed by atoms with E-state index in [1.54, 1.807) is 0 Å². The van der Waals surface area contributed by atoms with Crippen molar-refractivity contribution in [2.45, 2.75) is 25.9 Å². The van der Waals surface area contributed by atoms with Gasteiger partial charge in [0.2, 0.25) is 22.4 Å². The second-order valence-electron chi connectivity index (χ2n) is 14.1. The molecule has 10 N–H and O–H groups in total. The van der Waals surface area contributed by atoms with Crippen LogP contribution < -0.4 is 67.5 Å². The van der Waals surface area contributed by atoms with Gasteiger partial charge in [-0.1, -0.05) is 48.5 Å². The summed E-state index contributed by atoms with van der Waals surface area (Å²) in [4.78, 5) is 0. The summed E-state index contributed by atoms with van der Waals surface area (Å²) in [5.74, 6) is 0. The molecule has 0 unspecified atom stereocenters. The summed E-state index contributed by atoms with van der Waals surface area (Å²) in [6.45, 7) is 5.24. The van der Waals surface area contributed by atoms with Crippen LogP contribution in [0, 0.1) is 0 Å². The third-order valence-electron chi connectivity index (χ3n) is 10.4. The molecule has 0 fully saturated rings. The predicted molar refractivity (Wildman–Crippen MR) is 227 cm³/mol. The minimum absolute atomic E-state index is 0. The highest BCUT2D eigenvalue weighted by molar-refractivity contribution is 6.11. The predicted octanol–water partition coefficient (Wildman–Crippen LogP) is 1.20. The lowest BCUT2D eigenvalue weighted by atomic mass is 9.98. The number of nitrogen functional groups attached to an aromatic ring is 4. The van der Waals surface area contributed by atoms with Gasteiger partial charge in [0, 0.05) is 95.8 Å². The van der Waals surface area contributed by atoms with Crippen LogP contribution in [-0.2, 0) is 13.1 Å². The van der Waals surface area contributed by atoms with E-state index in [0.717, 1.165) is 119 Å². The van der Waals surface area contributed by atoms with Gasteiger partial charge in [-0.3, -0.25) is 0 Å². The number of aromatic nitrogens is 2. The number of benzene rings is 6. The van der Waals surface area contributed by atoms with Crippen molar-refractivity contribution in [3.63, 3.8) is 0 Å². The molecule has 0 saturated heterocycles. The molecule has 2 heterocycles. The number of fused-ring (bicyclic) bond motifs is 6. The van der Waals surface area contributed by atoms with Gasteiger partial charge in [-0.05, 0) is 72.8 Å². The van der Waals surface area contributed by atoms with Crippen LogP contribution in [0.15, 0.2) is 133 Å². The Morgan fingerprint density at radius 1 is 0.375 bits per heavy atom. The number of nitrogens with two attached hydrogens (primary N) is 4. The van der Waals surface area contributed by atoms with Gasteiger partial charge in [0.25, 0.3) is 0 Å². The number of rotatable bonds is 13. The van der Waals surface area contributed by atoms with Gasteiger partial charge >= 0.3 is 0 Å². The van der Waals surface area contributed by atoms with Gasteiger partial charge in [-0.15, -0.1) is 0 Å². The largest absolute Gasteiger partial charge is 1.00 e. The van der Waals surface area contributed by atoms with E-state index in [1.807, 2.05) is 24.3 Å². The van der Waals surface area contributed by atoms with Crippen molar-refractivity contribution < 1.29 is 33.9 Å². The van der Waals surface area contributed by atoms with E-state index in [4.69, 9.17) is 22.9 Å². The fourth-order valence-electron chi connectivity index (χ4n) is 7.95. The van der Waals surface area contributed by atoms with E-state index in [0.29, 0.717) is 0 Å². The van der Waals surface area contributed by atoms with Gasteiger partial charge in [0.1, 0.15) is 0 Å². The van der Waals surface area contributed by atoms with Crippen LogP contribution in [0.2, 0.25) is 0 Å². The molecule has 56 heavy (non-hydrogen) atoms. The molecular weight excluding hydrogens is 735 g/mol. The first-order valence-electron chi connectivity index (χ1n) is 18.9. The van der Waals surface area contributed by atoms with Gasteiger partial charge < -0.3 is 58.4 Å². The molecule has 0 aliphatic carbocycles. The zero-order valence-electron chi connectivity index (χ0n) is 31.3. The molecule has 286 valence electrons. The van der Waals surface area contributed by atoms with Crippen LogP contribution in [0.4, 0.5) is 22.7 Å². The molecule has 8 rings (SSSR count). The Morgan fingerprint density at radius 2 is 0.732 bits per heavy atom. The zero-order valence-corrected chi connectivity index (χ0v) is 32.8. The number of hydrogen-bond donors (Lipinski definition) is 6. The van der Waals surface area contributed by atoms with Gasteiger partial charge in [-0.25, -0.2) is 0 Å². The normalized spacial score (nSPS) is 11.2. The van der Waals surface area contributed by atoms with Crippen LogP contribution >= 0.6 is 0 Å². The molecule has 0 radical (unpaired) electrons.